The molecule has 0 saturated carbocycles. The topological polar surface area (TPSA) is 42.1 Å². The predicted molar refractivity (Wildman–Crippen MR) is 52.3 cm³/mol. The highest BCUT2D eigenvalue weighted by Crippen LogP contribution is 2.25. The van der Waals surface area contributed by atoms with Crippen LogP contribution in [-0.4, -0.2) is 18.1 Å². The summed E-state index contributed by atoms with van der Waals surface area (Å²) in [6.45, 7) is 2.01. The second-order valence-electron chi connectivity index (χ2n) is 2.83. The zero-order valence-corrected chi connectivity index (χ0v) is 8.20. The Hall–Kier alpha value is -1.29. The molecular formula is C9H9NO2S. The van der Waals surface area contributed by atoms with E-state index >= 15 is 0 Å². The highest BCUT2D eigenvalue weighted by Gasteiger charge is 2.11. The highest BCUT2D eigenvalue weighted by molar-refractivity contribution is 7.17. The van der Waals surface area contributed by atoms with Gasteiger partial charge in [0.2, 0.25) is 0 Å². The molecule has 3 nitrogen and oxygen atoms in total. The molecule has 0 aromatic carbocycles. The average Bonchev–Trinajstić information content (AvgIpc) is 2.67. The van der Waals surface area contributed by atoms with Crippen LogP contribution in [0.1, 0.15) is 16.1 Å². The number of hydrogen-bond acceptors (Lipinski definition) is 3. The van der Waals surface area contributed by atoms with Crippen molar-refractivity contribution in [3.05, 3.63) is 22.7 Å². The highest BCUT2D eigenvalue weighted by atomic mass is 32.1. The summed E-state index contributed by atoms with van der Waals surface area (Å²) < 4.78 is 5.70. The molecule has 2 heterocycles. The summed E-state index contributed by atoms with van der Waals surface area (Å²) in [7, 11) is 1.38. The summed E-state index contributed by atoms with van der Waals surface area (Å²) >= 11 is 1.62. The second-order valence-corrected chi connectivity index (χ2v) is 3.74. The molecule has 68 valence electrons. The number of fused-ring (bicyclic) bond motifs is 1. The Kier molecular flexibility index (Phi) is 1.84. The number of aromatic amines is 1. The smallest absolute Gasteiger partial charge is 0.354 e. The number of aromatic nitrogens is 1. The number of aryl methyl sites for hydroxylation is 1. The Morgan fingerprint density at radius 1 is 1.62 bits per heavy atom. The van der Waals surface area contributed by atoms with Crippen molar-refractivity contribution >= 4 is 27.5 Å². The molecule has 0 amide bonds. The minimum Gasteiger partial charge on any atom is -0.464 e. The summed E-state index contributed by atoms with van der Waals surface area (Å²) in [5, 5.41) is 2.06. The molecule has 2 aromatic heterocycles. The van der Waals surface area contributed by atoms with Crippen LogP contribution in [0.4, 0.5) is 0 Å². The van der Waals surface area contributed by atoms with Gasteiger partial charge in [-0.1, -0.05) is 0 Å². The first-order valence-corrected chi connectivity index (χ1v) is 4.75. The van der Waals surface area contributed by atoms with Crippen molar-refractivity contribution in [3.63, 3.8) is 0 Å². The van der Waals surface area contributed by atoms with Crippen LogP contribution in [0.2, 0.25) is 0 Å². The number of hydrogen-bond donors (Lipinski definition) is 1. The fraction of sp³-hybridized carbons (Fsp3) is 0.222. The van der Waals surface area contributed by atoms with E-state index < -0.39 is 0 Å². The largest absolute Gasteiger partial charge is 0.464 e. The molecule has 0 unspecified atom stereocenters. The average molecular weight is 195 g/mol. The molecule has 0 radical (unpaired) electrons. The van der Waals surface area contributed by atoms with E-state index in [-0.39, 0.29) is 5.97 Å². The summed E-state index contributed by atoms with van der Waals surface area (Å²) in [5.41, 5.74) is 2.72. The van der Waals surface area contributed by atoms with Crippen LogP contribution in [-0.2, 0) is 4.74 Å². The minimum atomic E-state index is -0.317. The molecule has 0 aliphatic rings. The van der Waals surface area contributed by atoms with Crippen molar-refractivity contribution in [1.29, 1.82) is 0 Å². The molecule has 0 aliphatic carbocycles. The van der Waals surface area contributed by atoms with E-state index in [4.69, 9.17) is 0 Å². The number of carbonyl (C=O) groups is 1. The summed E-state index contributed by atoms with van der Waals surface area (Å²) in [4.78, 5) is 14.2. The first-order chi connectivity index (χ1) is 6.22. The second kappa shape index (κ2) is 2.88. The van der Waals surface area contributed by atoms with Gasteiger partial charge in [0.1, 0.15) is 5.69 Å². The van der Waals surface area contributed by atoms with Crippen LogP contribution < -0.4 is 0 Å². The maximum absolute atomic E-state index is 11.1. The first kappa shape index (κ1) is 8.31. The predicted octanol–water partition coefficient (Wildman–Crippen LogP) is 2.32. The van der Waals surface area contributed by atoms with Gasteiger partial charge in [-0.05, 0) is 23.9 Å². The SMILES string of the molecule is COC(=O)c1cc2scc(C)c2[nH]1. The van der Waals surface area contributed by atoms with Gasteiger partial charge < -0.3 is 9.72 Å². The third kappa shape index (κ3) is 1.23. The van der Waals surface area contributed by atoms with Gasteiger partial charge in [0, 0.05) is 0 Å². The van der Waals surface area contributed by atoms with Gasteiger partial charge >= 0.3 is 5.97 Å². The Balaban J connectivity index is 2.56. The molecule has 1 N–H and O–H groups in total. The quantitative estimate of drug-likeness (QED) is 0.709. The van der Waals surface area contributed by atoms with Gasteiger partial charge in [-0.3, -0.25) is 0 Å². The molecule has 0 spiro atoms. The van der Waals surface area contributed by atoms with Crippen molar-refractivity contribution in [2.24, 2.45) is 0 Å². The number of ether oxygens (including phenoxy) is 1. The van der Waals surface area contributed by atoms with Gasteiger partial charge in [-0.25, -0.2) is 4.79 Å². The summed E-state index contributed by atoms with van der Waals surface area (Å²) in [6.07, 6.45) is 0. The molecule has 4 heteroatoms. The third-order valence-corrected chi connectivity index (χ3v) is 2.99. The van der Waals surface area contributed by atoms with Crippen molar-refractivity contribution in [2.45, 2.75) is 6.92 Å². The Bertz CT molecular complexity index is 455. The van der Waals surface area contributed by atoms with E-state index in [0.717, 1.165) is 15.8 Å². The molecule has 2 rings (SSSR count). The first-order valence-electron chi connectivity index (χ1n) is 3.87. The zero-order chi connectivity index (χ0) is 9.42. The molecule has 0 bridgehead atoms. The molecule has 2 aromatic rings. The van der Waals surface area contributed by atoms with Gasteiger partial charge in [-0.2, -0.15) is 0 Å². The van der Waals surface area contributed by atoms with Crippen LogP contribution in [0.25, 0.3) is 10.2 Å². The van der Waals surface area contributed by atoms with Crippen LogP contribution >= 0.6 is 11.3 Å². The minimum absolute atomic E-state index is 0.317. The lowest BCUT2D eigenvalue weighted by Gasteiger charge is -1.92. The third-order valence-electron chi connectivity index (χ3n) is 1.94. The monoisotopic (exact) mass is 195 g/mol. The number of esters is 1. The molecular weight excluding hydrogens is 186 g/mol. The molecule has 0 aliphatic heterocycles. The normalized spacial score (nSPS) is 10.6. The summed E-state index contributed by atoms with van der Waals surface area (Å²) in [6, 6.07) is 1.82. The van der Waals surface area contributed by atoms with Crippen LogP contribution in [0, 0.1) is 6.92 Å². The molecule has 0 atom stereocenters. The lowest BCUT2D eigenvalue weighted by molar-refractivity contribution is 0.0595. The Labute approximate surface area is 79.3 Å². The lowest BCUT2D eigenvalue weighted by Crippen LogP contribution is -2.00. The number of rotatable bonds is 1. The standard InChI is InChI=1S/C9H9NO2S/c1-5-4-13-7-3-6(9(11)12-2)10-8(5)7/h3-4,10H,1-2H3. The Morgan fingerprint density at radius 3 is 3.00 bits per heavy atom. The van der Waals surface area contributed by atoms with Crippen molar-refractivity contribution in [1.82, 2.24) is 4.98 Å². The molecule has 0 saturated heterocycles. The van der Waals surface area contributed by atoms with E-state index in [9.17, 15) is 4.79 Å². The van der Waals surface area contributed by atoms with E-state index in [1.165, 1.54) is 7.11 Å². The lowest BCUT2D eigenvalue weighted by atomic mass is 10.3. The fourth-order valence-corrected chi connectivity index (χ4v) is 2.19. The fourth-order valence-electron chi connectivity index (χ4n) is 1.25. The van der Waals surface area contributed by atoms with E-state index in [1.54, 1.807) is 11.3 Å². The van der Waals surface area contributed by atoms with E-state index in [1.807, 2.05) is 13.0 Å². The van der Waals surface area contributed by atoms with Crippen LogP contribution in [0.3, 0.4) is 0 Å². The van der Waals surface area contributed by atoms with E-state index in [0.29, 0.717) is 5.69 Å². The van der Waals surface area contributed by atoms with E-state index in [2.05, 4.69) is 15.1 Å². The van der Waals surface area contributed by atoms with Gasteiger partial charge in [-0.15, -0.1) is 11.3 Å². The number of nitrogens with one attached hydrogen (secondary N) is 1. The van der Waals surface area contributed by atoms with Gasteiger partial charge in [0.05, 0.1) is 17.3 Å². The molecule has 13 heavy (non-hydrogen) atoms. The van der Waals surface area contributed by atoms with Gasteiger partial charge in [0.25, 0.3) is 0 Å². The van der Waals surface area contributed by atoms with Crippen LogP contribution in [0.15, 0.2) is 11.4 Å². The maximum Gasteiger partial charge on any atom is 0.354 e. The Morgan fingerprint density at radius 2 is 2.38 bits per heavy atom. The van der Waals surface area contributed by atoms with Gasteiger partial charge in [0.15, 0.2) is 0 Å². The number of methoxy groups -OCH3 is 1. The zero-order valence-electron chi connectivity index (χ0n) is 7.38. The van der Waals surface area contributed by atoms with Crippen molar-refractivity contribution in [2.75, 3.05) is 7.11 Å². The molecule has 0 fully saturated rings. The summed E-state index contributed by atoms with van der Waals surface area (Å²) in [5.74, 6) is -0.317. The number of thiophene rings is 1. The van der Waals surface area contributed by atoms with Crippen LogP contribution in [0.5, 0.6) is 0 Å². The van der Waals surface area contributed by atoms with Crippen molar-refractivity contribution in [3.8, 4) is 0 Å². The maximum atomic E-state index is 11.1. The number of H-pyrrole nitrogens is 1. The number of carbonyl (C=O) groups excluding carboxylic acids is 1. The van der Waals surface area contributed by atoms with Crippen molar-refractivity contribution < 1.29 is 9.53 Å².